The van der Waals surface area contributed by atoms with Crippen LogP contribution in [0.15, 0.2) is 60.7 Å². The molecule has 0 bridgehead atoms. The van der Waals surface area contributed by atoms with Crippen LogP contribution in [0.3, 0.4) is 0 Å². The van der Waals surface area contributed by atoms with Crippen molar-refractivity contribution in [1.82, 2.24) is 14.8 Å². The van der Waals surface area contributed by atoms with Crippen molar-refractivity contribution < 1.29 is 14.9 Å². The third kappa shape index (κ3) is 4.08. The van der Waals surface area contributed by atoms with Crippen molar-refractivity contribution in [3.8, 4) is 22.8 Å². The summed E-state index contributed by atoms with van der Waals surface area (Å²) in [7, 11) is 0. The maximum Gasteiger partial charge on any atom is 0.181 e. The van der Waals surface area contributed by atoms with Crippen molar-refractivity contribution in [2.24, 2.45) is 0 Å². The second-order valence-corrected chi connectivity index (χ2v) is 7.06. The van der Waals surface area contributed by atoms with Gasteiger partial charge in [0.25, 0.3) is 0 Å². The van der Waals surface area contributed by atoms with Gasteiger partial charge in [-0.25, -0.2) is 9.67 Å². The van der Waals surface area contributed by atoms with Crippen molar-refractivity contribution in [3.05, 3.63) is 60.7 Å². The molecule has 2 atom stereocenters. The fourth-order valence-corrected chi connectivity index (χ4v) is 3.44. The van der Waals surface area contributed by atoms with Gasteiger partial charge in [-0.1, -0.05) is 60.7 Å². The maximum absolute atomic E-state index is 10.6. The molecule has 140 valence electrons. The smallest absolute Gasteiger partial charge is 0.181 e. The first-order valence-electron chi connectivity index (χ1n) is 9.17. The van der Waals surface area contributed by atoms with E-state index in [0.717, 1.165) is 11.1 Å². The summed E-state index contributed by atoms with van der Waals surface area (Å²) in [6.07, 6.45) is 0.0498. The molecule has 0 amide bonds. The molecule has 1 fully saturated rings. The quantitative estimate of drug-likeness (QED) is 0.702. The summed E-state index contributed by atoms with van der Waals surface area (Å²) < 4.78 is 6.99. The van der Waals surface area contributed by atoms with Gasteiger partial charge in [0.1, 0.15) is 0 Å². The van der Waals surface area contributed by atoms with Gasteiger partial charge in [0, 0.05) is 30.6 Å². The molecular formula is C21H23N3O3. The molecular weight excluding hydrogens is 342 g/mol. The van der Waals surface area contributed by atoms with Crippen LogP contribution in [0.2, 0.25) is 0 Å². The summed E-state index contributed by atoms with van der Waals surface area (Å²) in [5.41, 5.74) is 0.892. The van der Waals surface area contributed by atoms with Crippen molar-refractivity contribution in [1.29, 1.82) is 0 Å². The predicted molar refractivity (Wildman–Crippen MR) is 102 cm³/mol. The zero-order valence-electron chi connectivity index (χ0n) is 15.0. The fourth-order valence-electron chi connectivity index (χ4n) is 3.44. The summed E-state index contributed by atoms with van der Waals surface area (Å²) in [6, 6.07) is 19.6. The zero-order chi connectivity index (χ0) is 18.7. The number of aromatic nitrogens is 3. The highest BCUT2D eigenvalue weighted by Crippen LogP contribution is 2.26. The summed E-state index contributed by atoms with van der Waals surface area (Å²) >= 11 is 0. The van der Waals surface area contributed by atoms with E-state index in [0.29, 0.717) is 24.7 Å². The Bertz CT molecular complexity index is 874. The molecule has 27 heavy (non-hydrogen) atoms. The van der Waals surface area contributed by atoms with Gasteiger partial charge in [-0.15, -0.1) is 0 Å². The number of hydrogen-bond acceptors (Lipinski definition) is 5. The lowest BCUT2D eigenvalue weighted by Gasteiger charge is -2.23. The molecule has 6 nitrogen and oxygen atoms in total. The average molecular weight is 365 g/mol. The normalized spacial score (nSPS) is 20.7. The van der Waals surface area contributed by atoms with Crippen LogP contribution < -0.4 is 0 Å². The van der Waals surface area contributed by atoms with Crippen LogP contribution in [0.25, 0.3) is 22.8 Å². The molecule has 4 rings (SSSR count). The molecule has 1 aliphatic rings. The summed E-state index contributed by atoms with van der Waals surface area (Å²) in [5.74, 6) is 1.31. The van der Waals surface area contributed by atoms with E-state index in [1.165, 1.54) is 0 Å². The van der Waals surface area contributed by atoms with Gasteiger partial charge in [0.05, 0.1) is 24.9 Å². The molecule has 1 saturated heterocycles. The van der Waals surface area contributed by atoms with E-state index in [2.05, 4.69) is 5.10 Å². The molecule has 1 aromatic heterocycles. The summed E-state index contributed by atoms with van der Waals surface area (Å²) in [6.45, 7) is 1.05. The minimum absolute atomic E-state index is 0.252. The maximum atomic E-state index is 10.6. The average Bonchev–Trinajstić information content (AvgIpc) is 3.29. The largest absolute Gasteiger partial charge is 0.391 e. The highest BCUT2D eigenvalue weighted by Gasteiger charge is 2.34. The third-order valence-electron chi connectivity index (χ3n) is 4.82. The Balaban J connectivity index is 1.63. The molecule has 0 aliphatic carbocycles. The molecule has 2 heterocycles. The van der Waals surface area contributed by atoms with Crippen LogP contribution in [0.5, 0.6) is 0 Å². The molecule has 2 aromatic carbocycles. The van der Waals surface area contributed by atoms with E-state index in [1.54, 1.807) is 4.68 Å². The second-order valence-electron chi connectivity index (χ2n) is 7.06. The molecule has 0 radical (unpaired) electrons. The van der Waals surface area contributed by atoms with E-state index in [4.69, 9.17) is 9.72 Å². The second kappa shape index (κ2) is 7.60. The molecule has 2 unspecified atom stereocenters. The number of ether oxygens (including phenoxy) is 1. The number of hydrogen-bond donors (Lipinski definition) is 2. The van der Waals surface area contributed by atoms with Crippen molar-refractivity contribution in [3.63, 3.8) is 0 Å². The zero-order valence-corrected chi connectivity index (χ0v) is 15.0. The van der Waals surface area contributed by atoms with Crippen LogP contribution in [0, 0.1) is 0 Å². The number of benzene rings is 2. The van der Waals surface area contributed by atoms with Crippen LogP contribution in [0.4, 0.5) is 0 Å². The first kappa shape index (κ1) is 17.9. The SMILES string of the molecule is OC(Cn1nc(-c2ccccc2)nc1-c1ccccc1)CC1(O)CCOC1. The monoisotopic (exact) mass is 365 g/mol. The lowest BCUT2D eigenvalue weighted by molar-refractivity contribution is -0.0212. The molecule has 0 spiro atoms. The first-order valence-corrected chi connectivity index (χ1v) is 9.17. The predicted octanol–water partition coefficient (Wildman–Crippen LogP) is 2.51. The minimum Gasteiger partial charge on any atom is -0.391 e. The highest BCUT2D eigenvalue weighted by molar-refractivity contribution is 5.61. The molecule has 3 aromatic rings. The van der Waals surface area contributed by atoms with E-state index in [-0.39, 0.29) is 19.6 Å². The lowest BCUT2D eigenvalue weighted by atomic mass is 9.95. The van der Waals surface area contributed by atoms with Crippen LogP contribution in [-0.4, -0.2) is 49.9 Å². The van der Waals surface area contributed by atoms with E-state index in [9.17, 15) is 10.2 Å². The molecule has 1 aliphatic heterocycles. The number of rotatable bonds is 6. The van der Waals surface area contributed by atoms with E-state index < -0.39 is 11.7 Å². The minimum atomic E-state index is -0.963. The topological polar surface area (TPSA) is 80.4 Å². The first-order chi connectivity index (χ1) is 13.1. The standard InChI is InChI=1S/C21H23N3O3/c25-18(13-21(26)11-12-27-15-21)14-24-20(17-9-5-2-6-10-17)22-19(23-24)16-7-3-1-4-8-16/h1-10,18,25-26H,11-15H2. The van der Waals surface area contributed by atoms with Gasteiger partial charge in [-0.3, -0.25) is 0 Å². The van der Waals surface area contributed by atoms with Crippen LogP contribution in [0.1, 0.15) is 12.8 Å². The molecule has 6 heteroatoms. The Morgan fingerprint density at radius 2 is 1.70 bits per heavy atom. The Morgan fingerprint density at radius 3 is 2.33 bits per heavy atom. The van der Waals surface area contributed by atoms with E-state index in [1.807, 2.05) is 60.7 Å². The summed E-state index contributed by atoms with van der Waals surface area (Å²) in [4.78, 5) is 4.71. The van der Waals surface area contributed by atoms with Gasteiger partial charge in [-0.05, 0) is 0 Å². The lowest BCUT2D eigenvalue weighted by Crippen LogP contribution is -2.35. The fraction of sp³-hybridized carbons (Fsp3) is 0.333. The number of aliphatic hydroxyl groups excluding tert-OH is 1. The van der Waals surface area contributed by atoms with Crippen LogP contribution >= 0.6 is 0 Å². The van der Waals surface area contributed by atoms with Crippen molar-refractivity contribution in [2.45, 2.75) is 31.1 Å². The molecule has 2 N–H and O–H groups in total. The molecule has 0 saturated carbocycles. The van der Waals surface area contributed by atoms with Gasteiger partial charge < -0.3 is 14.9 Å². The number of aliphatic hydroxyl groups is 2. The van der Waals surface area contributed by atoms with Gasteiger partial charge in [0.2, 0.25) is 0 Å². The third-order valence-corrected chi connectivity index (χ3v) is 4.82. The van der Waals surface area contributed by atoms with Crippen molar-refractivity contribution in [2.75, 3.05) is 13.2 Å². The van der Waals surface area contributed by atoms with E-state index >= 15 is 0 Å². The van der Waals surface area contributed by atoms with Crippen molar-refractivity contribution >= 4 is 0 Å². The Kier molecular flexibility index (Phi) is 5.03. The van der Waals surface area contributed by atoms with Gasteiger partial charge in [-0.2, -0.15) is 5.10 Å². The Morgan fingerprint density at radius 1 is 1.04 bits per heavy atom. The Labute approximate surface area is 158 Å². The van der Waals surface area contributed by atoms with Gasteiger partial charge in [0.15, 0.2) is 11.6 Å². The summed E-state index contributed by atoms with van der Waals surface area (Å²) in [5, 5.41) is 25.7. The van der Waals surface area contributed by atoms with Gasteiger partial charge >= 0.3 is 0 Å². The number of nitrogens with zero attached hydrogens (tertiary/aromatic N) is 3. The highest BCUT2D eigenvalue weighted by atomic mass is 16.5. The Hall–Kier alpha value is -2.54. The van der Waals surface area contributed by atoms with Crippen LogP contribution in [-0.2, 0) is 11.3 Å².